The Kier molecular flexibility index (Phi) is 6.08. The molecule has 142 valence electrons. The smallest absolute Gasteiger partial charge is 0.260 e. The van der Waals surface area contributed by atoms with Crippen LogP contribution in [0.15, 0.2) is 42.5 Å². The van der Waals surface area contributed by atoms with Crippen LogP contribution in [-0.2, 0) is 0 Å². The number of benzene rings is 2. The molecule has 0 aliphatic rings. The molecule has 5 nitrogen and oxygen atoms in total. The number of ether oxygens (including phenoxy) is 1. The number of carbonyl (C=O) groups excluding carboxylic acids is 1. The quantitative estimate of drug-likeness (QED) is 0.613. The van der Waals surface area contributed by atoms with E-state index in [0.29, 0.717) is 6.54 Å². The van der Waals surface area contributed by atoms with Crippen molar-refractivity contribution in [2.75, 3.05) is 39.2 Å². The van der Waals surface area contributed by atoms with Crippen LogP contribution >= 0.6 is 11.3 Å². The molecule has 1 amide bonds. The standard InChI is InChI=1S/C21H25N3O2S/c1-15-8-5-6-9-17(15)20(25)24(13-7-12-23(2)3)21-22-18-11-10-16(26-4)14-19(18)27-21/h5-6,8-11,14H,7,12-13H2,1-4H3. The van der Waals surface area contributed by atoms with Crippen LogP contribution in [0, 0.1) is 6.92 Å². The van der Waals surface area contributed by atoms with E-state index in [9.17, 15) is 4.79 Å². The van der Waals surface area contributed by atoms with Crippen LogP contribution in [0.4, 0.5) is 5.13 Å². The highest BCUT2D eigenvalue weighted by molar-refractivity contribution is 7.22. The molecule has 1 heterocycles. The minimum atomic E-state index is -0.00197. The Morgan fingerprint density at radius 2 is 1.93 bits per heavy atom. The number of aryl methyl sites for hydroxylation is 1. The monoisotopic (exact) mass is 383 g/mol. The lowest BCUT2D eigenvalue weighted by molar-refractivity contribution is 0.0985. The third-order valence-corrected chi connectivity index (χ3v) is 5.46. The second-order valence-electron chi connectivity index (χ2n) is 6.76. The summed E-state index contributed by atoms with van der Waals surface area (Å²) in [4.78, 5) is 21.9. The van der Waals surface area contributed by atoms with Crippen LogP contribution in [0.25, 0.3) is 10.2 Å². The van der Waals surface area contributed by atoms with Gasteiger partial charge in [-0.1, -0.05) is 29.5 Å². The molecule has 0 bridgehead atoms. The van der Waals surface area contributed by atoms with Crippen LogP contribution < -0.4 is 9.64 Å². The molecule has 2 aromatic carbocycles. The van der Waals surface area contributed by atoms with Crippen LogP contribution in [-0.4, -0.2) is 50.1 Å². The number of rotatable bonds is 7. The van der Waals surface area contributed by atoms with Crippen LogP contribution in [0.5, 0.6) is 5.75 Å². The summed E-state index contributed by atoms with van der Waals surface area (Å²) in [6.45, 7) is 3.51. The molecule has 0 saturated heterocycles. The Hall–Kier alpha value is -2.44. The van der Waals surface area contributed by atoms with Crippen molar-refractivity contribution < 1.29 is 9.53 Å². The molecule has 27 heavy (non-hydrogen) atoms. The van der Waals surface area contributed by atoms with Crippen LogP contribution in [0.2, 0.25) is 0 Å². The van der Waals surface area contributed by atoms with Gasteiger partial charge in [0.05, 0.1) is 17.3 Å². The van der Waals surface area contributed by atoms with Gasteiger partial charge in [0, 0.05) is 12.1 Å². The van der Waals surface area contributed by atoms with Crippen molar-refractivity contribution in [2.45, 2.75) is 13.3 Å². The van der Waals surface area contributed by atoms with E-state index < -0.39 is 0 Å². The van der Waals surface area contributed by atoms with Gasteiger partial charge in [0.2, 0.25) is 0 Å². The number of nitrogens with zero attached hydrogens (tertiary/aromatic N) is 3. The first-order valence-corrected chi connectivity index (χ1v) is 9.78. The zero-order valence-corrected chi connectivity index (χ0v) is 17.0. The normalized spacial score (nSPS) is 11.1. The highest BCUT2D eigenvalue weighted by Gasteiger charge is 2.22. The SMILES string of the molecule is COc1ccc2nc(N(CCCN(C)C)C(=O)c3ccccc3C)sc2c1. The van der Waals surface area contributed by atoms with Gasteiger partial charge >= 0.3 is 0 Å². The van der Waals surface area contributed by atoms with Crippen molar-refractivity contribution in [1.82, 2.24) is 9.88 Å². The van der Waals surface area contributed by atoms with Gasteiger partial charge in [0.15, 0.2) is 5.13 Å². The lowest BCUT2D eigenvalue weighted by Gasteiger charge is -2.21. The van der Waals surface area contributed by atoms with Gasteiger partial charge in [-0.15, -0.1) is 0 Å². The molecule has 0 aliphatic heterocycles. The molecule has 0 fully saturated rings. The average Bonchev–Trinajstić information content (AvgIpc) is 3.07. The van der Waals surface area contributed by atoms with Gasteiger partial charge in [0.1, 0.15) is 5.75 Å². The van der Waals surface area contributed by atoms with Gasteiger partial charge in [-0.05, 0) is 63.8 Å². The van der Waals surface area contributed by atoms with Crippen molar-refractivity contribution in [2.24, 2.45) is 0 Å². The number of amides is 1. The number of hydrogen-bond acceptors (Lipinski definition) is 5. The number of fused-ring (bicyclic) bond motifs is 1. The molecular formula is C21H25N3O2S. The number of hydrogen-bond donors (Lipinski definition) is 0. The van der Waals surface area contributed by atoms with Gasteiger partial charge in [-0.2, -0.15) is 0 Å². The highest BCUT2D eigenvalue weighted by Crippen LogP contribution is 2.32. The van der Waals surface area contributed by atoms with Gasteiger partial charge < -0.3 is 9.64 Å². The summed E-state index contributed by atoms with van der Waals surface area (Å²) in [5.41, 5.74) is 2.58. The summed E-state index contributed by atoms with van der Waals surface area (Å²) in [5.74, 6) is 0.792. The lowest BCUT2D eigenvalue weighted by Crippen LogP contribution is -2.33. The first kappa shape index (κ1) is 19.3. The molecule has 3 aromatic rings. The number of anilines is 1. The second-order valence-corrected chi connectivity index (χ2v) is 7.77. The fourth-order valence-corrected chi connectivity index (χ4v) is 3.94. The predicted molar refractivity (Wildman–Crippen MR) is 112 cm³/mol. The molecule has 0 aliphatic carbocycles. The van der Waals surface area contributed by atoms with E-state index in [1.807, 2.05) is 68.4 Å². The maximum atomic E-state index is 13.3. The molecule has 0 N–H and O–H groups in total. The maximum absolute atomic E-state index is 13.3. The van der Waals surface area contributed by atoms with Crippen LogP contribution in [0.3, 0.4) is 0 Å². The first-order chi connectivity index (χ1) is 13.0. The first-order valence-electron chi connectivity index (χ1n) is 8.96. The number of aromatic nitrogens is 1. The maximum Gasteiger partial charge on any atom is 0.260 e. The van der Waals surface area contributed by atoms with E-state index in [4.69, 9.17) is 9.72 Å². The third kappa shape index (κ3) is 4.46. The second kappa shape index (κ2) is 8.50. The number of carbonyl (C=O) groups is 1. The summed E-state index contributed by atoms with van der Waals surface area (Å²) in [5, 5.41) is 0.727. The summed E-state index contributed by atoms with van der Waals surface area (Å²) >= 11 is 1.52. The van der Waals surface area contributed by atoms with Crippen LogP contribution in [0.1, 0.15) is 22.3 Å². The number of methoxy groups -OCH3 is 1. The minimum absolute atomic E-state index is 0.00197. The predicted octanol–water partition coefficient (Wildman–Crippen LogP) is 4.21. The average molecular weight is 384 g/mol. The topological polar surface area (TPSA) is 45.7 Å². The Bertz CT molecular complexity index is 936. The van der Waals surface area contributed by atoms with Gasteiger partial charge in [-0.25, -0.2) is 4.98 Å². The molecular weight excluding hydrogens is 358 g/mol. The molecule has 0 radical (unpaired) electrons. The zero-order chi connectivity index (χ0) is 19.4. The zero-order valence-electron chi connectivity index (χ0n) is 16.2. The molecule has 0 atom stereocenters. The fourth-order valence-electron chi connectivity index (χ4n) is 2.92. The molecule has 0 saturated carbocycles. The summed E-state index contributed by atoms with van der Waals surface area (Å²) in [7, 11) is 5.73. The van der Waals surface area contributed by atoms with Crippen molar-refractivity contribution in [3.8, 4) is 5.75 Å². The van der Waals surface area contributed by atoms with E-state index in [2.05, 4.69) is 4.90 Å². The molecule has 3 rings (SSSR count). The van der Waals surface area contributed by atoms with Crippen molar-refractivity contribution in [3.05, 3.63) is 53.6 Å². The van der Waals surface area contributed by atoms with Crippen molar-refractivity contribution >= 4 is 32.6 Å². The Morgan fingerprint density at radius 1 is 1.15 bits per heavy atom. The van der Waals surface area contributed by atoms with E-state index in [0.717, 1.165) is 45.2 Å². The molecule has 6 heteroatoms. The lowest BCUT2D eigenvalue weighted by atomic mass is 10.1. The molecule has 0 spiro atoms. The van der Waals surface area contributed by atoms with Gasteiger partial charge in [0.25, 0.3) is 5.91 Å². The summed E-state index contributed by atoms with van der Waals surface area (Å²) < 4.78 is 6.32. The third-order valence-electron chi connectivity index (χ3n) is 4.42. The Labute approximate surface area is 164 Å². The van der Waals surface area contributed by atoms with E-state index in [1.165, 1.54) is 11.3 Å². The summed E-state index contributed by atoms with van der Waals surface area (Å²) in [6.07, 6.45) is 0.879. The fraction of sp³-hybridized carbons (Fsp3) is 0.333. The van der Waals surface area contributed by atoms with E-state index >= 15 is 0 Å². The Balaban J connectivity index is 1.96. The largest absolute Gasteiger partial charge is 0.497 e. The van der Waals surface area contributed by atoms with Crippen molar-refractivity contribution in [1.29, 1.82) is 0 Å². The Morgan fingerprint density at radius 3 is 2.63 bits per heavy atom. The minimum Gasteiger partial charge on any atom is -0.497 e. The van der Waals surface area contributed by atoms with Crippen molar-refractivity contribution in [3.63, 3.8) is 0 Å². The van der Waals surface area contributed by atoms with Gasteiger partial charge in [-0.3, -0.25) is 9.69 Å². The van der Waals surface area contributed by atoms with E-state index in [-0.39, 0.29) is 5.91 Å². The number of thiazole rings is 1. The molecule has 0 unspecified atom stereocenters. The van der Waals surface area contributed by atoms with E-state index in [1.54, 1.807) is 7.11 Å². The summed E-state index contributed by atoms with van der Waals surface area (Å²) in [6, 6.07) is 13.5. The highest BCUT2D eigenvalue weighted by atomic mass is 32.1. The molecule has 1 aromatic heterocycles.